The Labute approximate surface area is 143 Å². The molecule has 2 aromatic rings. The monoisotopic (exact) mass is 352 g/mol. The lowest BCUT2D eigenvalue weighted by Crippen LogP contribution is -2.40. The number of alkyl halides is 3. The minimum Gasteiger partial charge on any atom is -0.348 e. The summed E-state index contributed by atoms with van der Waals surface area (Å²) in [4.78, 5) is 12.3. The third kappa shape index (κ3) is 3.84. The van der Waals surface area contributed by atoms with Crippen molar-refractivity contribution in [3.05, 3.63) is 47.8 Å². The third-order valence-corrected chi connectivity index (χ3v) is 4.54. The van der Waals surface area contributed by atoms with Gasteiger partial charge in [0.1, 0.15) is 0 Å². The minimum absolute atomic E-state index is 0.0243. The van der Waals surface area contributed by atoms with Gasteiger partial charge >= 0.3 is 6.18 Å². The van der Waals surface area contributed by atoms with Crippen LogP contribution in [-0.2, 0) is 6.18 Å². The molecule has 1 aliphatic carbocycles. The predicted octanol–water partition coefficient (Wildman–Crippen LogP) is 2.75. The number of carbonyl (C=O) groups excluding carboxylic acids is 1. The van der Waals surface area contributed by atoms with Crippen molar-refractivity contribution in [2.75, 3.05) is 6.54 Å². The second-order valence-electron chi connectivity index (χ2n) is 6.20. The molecule has 1 aliphatic rings. The van der Waals surface area contributed by atoms with E-state index in [2.05, 4.69) is 10.4 Å². The maximum atomic E-state index is 12.8. The molecule has 1 aromatic carbocycles. The van der Waals surface area contributed by atoms with Gasteiger partial charge in [-0.2, -0.15) is 18.3 Å². The zero-order chi connectivity index (χ0) is 18.0. The van der Waals surface area contributed by atoms with Gasteiger partial charge in [-0.05, 0) is 49.6 Å². The minimum atomic E-state index is -4.43. The van der Waals surface area contributed by atoms with E-state index < -0.39 is 11.7 Å². The van der Waals surface area contributed by atoms with Crippen LogP contribution in [0.1, 0.15) is 35.3 Å². The van der Waals surface area contributed by atoms with Crippen LogP contribution < -0.4 is 11.1 Å². The van der Waals surface area contributed by atoms with Gasteiger partial charge in [0.2, 0.25) is 0 Å². The average Bonchev–Trinajstić information content (AvgIpc) is 3.23. The zero-order valence-corrected chi connectivity index (χ0v) is 13.5. The first-order chi connectivity index (χ1) is 11.9. The van der Waals surface area contributed by atoms with Gasteiger partial charge in [-0.25, -0.2) is 4.68 Å². The molecule has 0 spiro atoms. The topological polar surface area (TPSA) is 72.9 Å². The number of rotatable bonds is 4. The van der Waals surface area contributed by atoms with Gasteiger partial charge in [0.15, 0.2) is 5.69 Å². The number of benzene rings is 1. The van der Waals surface area contributed by atoms with Crippen LogP contribution in [0.25, 0.3) is 5.69 Å². The van der Waals surface area contributed by atoms with Crippen LogP contribution in [-0.4, -0.2) is 28.3 Å². The first kappa shape index (κ1) is 17.5. The van der Waals surface area contributed by atoms with E-state index in [-0.39, 0.29) is 29.2 Å². The van der Waals surface area contributed by atoms with Crippen molar-refractivity contribution in [2.24, 2.45) is 11.7 Å². The lowest BCUT2D eigenvalue weighted by atomic mass is 10.0. The Hall–Kier alpha value is -2.35. The van der Waals surface area contributed by atoms with Gasteiger partial charge in [-0.15, -0.1) is 0 Å². The zero-order valence-electron chi connectivity index (χ0n) is 13.5. The number of halogens is 3. The number of amides is 1. The van der Waals surface area contributed by atoms with Crippen molar-refractivity contribution in [3.63, 3.8) is 0 Å². The third-order valence-electron chi connectivity index (χ3n) is 4.54. The van der Waals surface area contributed by atoms with Crippen LogP contribution in [0, 0.1) is 5.92 Å². The normalized spacial score (nSPS) is 20.6. The molecule has 0 aliphatic heterocycles. The molecule has 1 fully saturated rings. The Morgan fingerprint density at radius 2 is 2.12 bits per heavy atom. The van der Waals surface area contributed by atoms with Crippen molar-refractivity contribution in [3.8, 4) is 5.69 Å². The van der Waals surface area contributed by atoms with E-state index in [1.807, 2.05) is 0 Å². The first-order valence-electron chi connectivity index (χ1n) is 8.12. The fourth-order valence-corrected chi connectivity index (χ4v) is 3.16. The Morgan fingerprint density at radius 1 is 1.32 bits per heavy atom. The number of carbonyl (C=O) groups is 1. The standard InChI is InChI=1S/C17H19F3N4O/c18-17(19,20)12-4-2-5-13(9-12)24-8-7-15(23-24)16(25)22-14-6-1-3-11(14)10-21/h2,4-5,7-9,11,14H,1,3,6,10,21H2,(H,22,25). The van der Waals surface area contributed by atoms with Gasteiger partial charge in [0, 0.05) is 12.2 Å². The van der Waals surface area contributed by atoms with Crippen molar-refractivity contribution >= 4 is 5.91 Å². The smallest absolute Gasteiger partial charge is 0.348 e. The first-order valence-corrected chi connectivity index (χ1v) is 8.12. The summed E-state index contributed by atoms with van der Waals surface area (Å²) in [7, 11) is 0. The van der Waals surface area contributed by atoms with Crippen LogP contribution in [0.15, 0.2) is 36.5 Å². The Bertz CT molecular complexity index is 756. The summed E-state index contributed by atoms with van der Waals surface area (Å²) in [5, 5.41) is 7.02. The molecule has 1 amide bonds. The van der Waals surface area contributed by atoms with Crippen molar-refractivity contribution in [1.82, 2.24) is 15.1 Å². The highest BCUT2D eigenvalue weighted by Gasteiger charge is 2.31. The number of nitrogens with one attached hydrogen (secondary N) is 1. The molecular formula is C17H19F3N4O. The SMILES string of the molecule is NCC1CCCC1NC(=O)c1ccn(-c2cccc(C(F)(F)F)c2)n1. The average molecular weight is 352 g/mol. The van der Waals surface area contributed by atoms with E-state index in [0.717, 1.165) is 31.4 Å². The van der Waals surface area contributed by atoms with Gasteiger partial charge in [-0.3, -0.25) is 4.79 Å². The molecule has 1 heterocycles. The largest absolute Gasteiger partial charge is 0.416 e. The number of hydrogen-bond donors (Lipinski definition) is 2. The van der Waals surface area contributed by atoms with Crippen LogP contribution >= 0.6 is 0 Å². The maximum Gasteiger partial charge on any atom is 0.416 e. The maximum absolute atomic E-state index is 12.8. The summed E-state index contributed by atoms with van der Waals surface area (Å²) < 4.78 is 39.7. The van der Waals surface area contributed by atoms with E-state index >= 15 is 0 Å². The molecule has 3 N–H and O–H groups in total. The van der Waals surface area contributed by atoms with E-state index in [1.165, 1.54) is 29.1 Å². The summed E-state index contributed by atoms with van der Waals surface area (Å²) >= 11 is 0. The molecule has 134 valence electrons. The van der Waals surface area contributed by atoms with Gasteiger partial charge in [0.05, 0.1) is 11.3 Å². The molecule has 25 heavy (non-hydrogen) atoms. The summed E-state index contributed by atoms with van der Waals surface area (Å²) in [6, 6.07) is 6.32. The molecule has 0 saturated heterocycles. The van der Waals surface area contributed by atoms with Crippen LogP contribution in [0.3, 0.4) is 0 Å². The fourth-order valence-electron chi connectivity index (χ4n) is 3.16. The van der Waals surface area contributed by atoms with Gasteiger partial charge in [-0.1, -0.05) is 12.5 Å². The Morgan fingerprint density at radius 3 is 2.84 bits per heavy atom. The number of nitrogens with two attached hydrogens (primary N) is 1. The highest BCUT2D eigenvalue weighted by molar-refractivity contribution is 5.92. The summed E-state index contributed by atoms with van der Waals surface area (Å²) in [6.07, 6.45) is -0.0733. The van der Waals surface area contributed by atoms with Gasteiger partial charge < -0.3 is 11.1 Å². The highest BCUT2D eigenvalue weighted by atomic mass is 19.4. The Kier molecular flexibility index (Phi) is 4.80. The molecule has 2 atom stereocenters. The Balaban J connectivity index is 1.75. The molecule has 2 unspecified atom stereocenters. The molecule has 3 rings (SSSR count). The number of nitrogens with zero attached hydrogens (tertiary/aromatic N) is 2. The van der Waals surface area contributed by atoms with E-state index in [4.69, 9.17) is 5.73 Å². The highest BCUT2D eigenvalue weighted by Crippen LogP contribution is 2.30. The number of hydrogen-bond acceptors (Lipinski definition) is 3. The molecular weight excluding hydrogens is 333 g/mol. The molecule has 0 radical (unpaired) electrons. The quantitative estimate of drug-likeness (QED) is 0.889. The van der Waals surface area contributed by atoms with E-state index in [0.29, 0.717) is 6.54 Å². The van der Waals surface area contributed by atoms with Crippen molar-refractivity contribution in [2.45, 2.75) is 31.5 Å². The summed E-state index contributed by atoms with van der Waals surface area (Å²) in [6.45, 7) is 0.517. The fraction of sp³-hybridized carbons (Fsp3) is 0.412. The van der Waals surface area contributed by atoms with Crippen molar-refractivity contribution in [1.29, 1.82) is 0 Å². The molecule has 8 heteroatoms. The summed E-state index contributed by atoms with van der Waals surface area (Å²) in [5.41, 5.74) is 5.36. The predicted molar refractivity (Wildman–Crippen MR) is 86.2 cm³/mol. The second-order valence-corrected chi connectivity index (χ2v) is 6.20. The number of aromatic nitrogens is 2. The second kappa shape index (κ2) is 6.87. The summed E-state index contributed by atoms with van der Waals surface area (Å²) in [5.74, 6) is -0.0782. The van der Waals surface area contributed by atoms with Crippen LogP contribution in [0.5, 0.6) is 0 Å². The lowest BCUT2D eigenvalue weighted by molar-refractivity contribution is -0.137. The lowest BCUT2D eigenvalue weighted by Gasteiger charge is -2.18. The molecule has 0 bridgehead atoms. The van der Waals surface area contributed by atoms with Gasteiger partial charge in [0.25, 0.3) is 5.91 Å². The molecule has 1 aromatic heterocycles. The molecule has 5 nitrogen and oxygen atoms in total. The van der Waals surface area contributed by atoms with E-state index in [9.17, 15) is 18.0 Å². The van der Waals surface area contributed by atoms with Crippen LogP contribution in [0.2, 0.25) is 0 Å². The van der Waals surface area contributed by atoms with Crippen LogP contribution in [0.4, 0.5) is 13.2 Å². The molecule has 1 saturated carbocycles. The van der Waals surface area contributed by atoms with Crippen molar-refractivity contribution < 1.29 is 18.0 Å². The van der Waals surface area contributed by atoms with E-state index in [1.54, 1.807) is 0 Å².